The topological polar surface area (TPSA) is 120 Å². The zero-order valence-corrected chi connectivity index (χ0v) is 20.1. The Kier molecular flexibility index (Phi) is 7.33. The molecule has 2 unspecified atom stereocenters. The fraction of sp³-hybridized carbons (Fsp3) is 0.455. The number of benzene rings is 2. The molecule has 0 aliphatic carbocycles. The summed E-state index contributed by atoms with van der Waals surface area (Å²) >= 11 is 0. The third kappa shape index (κ3) is 5.14. The van der Waals surface area contributed by atoms with Gasteiger partial charge in [-0.2, -0.15) is 4.31 Å². The largest absolute Gasteiger partial charge is 0.493 e. The van der Waals surface area contributed by atoms with Crippen LogP contribution in [0.5, 0.6) is 17.2 Å². The molecule has 10 nitrogen and oxygen atoms in total. The van der Waals surface area contributed by atoms with Gasteiger partial charge < -0.3 is 19.5 Å². The van der Waals surface area contributed by atoms with Crippen molar-refractivity contribution in [2.24, 2.45) is 11.8 Å². The van der Waals surface area contributed by atoms with Crippen LogP contribution in [0.3, 0.4) is 0 Å². The first-order valence-electron chi connectivity index (χ1n) is 10.5. The van der Waals surface area contributed by atoms with E-state index in [1.165, 1.54) is 37.8 Å². The number of nitro groups is 1. The number of hydrogen-bond donors (Lipinski definition) is 1. The number of methoxy groups -OCH3 is 3. The molecule has 2 atom stereocenters. The molecule has 2 aromatic carbocycles. The van der Waals surface area contributed by atoms with Gasteiger partial charge in [-0.15, -0.1) is 0 Å². The molecule has 1 heterocycles. The maximum atomic E-state index is 13.2. The van der Waals surface area contributed by atoms with Gasteiger partial charge in [0.2, 0.25) is 15.8 Å². The molecule has 0 spiro atoms. The Morgan fingerprint density at radius 3 is 2.06 bits per heavy atom. The Labute approximate surface area is 193 Å². The van der Waals surface area contributed by atoms with Gasteiger partial charge in [0.05, 0.1) is 31.1 Å². The highest BCUT2D eigenvalue weighted by Gasteiger charge is 2.33. The minimum Gasteiger partial charge on any atom is -0.493 e. The zero-order valence-electron chi connectivity index (χ0n) is 19.3. The Morgan fingerprint density at radius 2 is 1.58 bits per heavy atom. The molecule has 0 radical (unpaired) electrons. The van der Waals surface area contributed by atoms with Crippen LogP contribution in [0.4, 0.5) is 17.1 Å². The van der Waals surface area contributed by atoms with E-state index in [9.17, 15) is 18.5 Å². The molecular formula is C22H29N3O7S. The van der Waals surface area contributed by atoms with E-state index in [0.29, 0.717) is 36.0 Å². The molecule has 1 fully saturated rings. The lowest BCUT2D eigenvalue weighted by atomic mass is 9.94. The summed E-state index contributed by atoms with van der Waals surface area (Å²) in [6.45, 7) is 4.80. The number of piperidine rings is 1. The number of anilines is 2. The first-order valence-corrected chi connectivity index (χ1v) is 11.9. The summed E-state index contributed by atoms with van der Waals surface area (Å²) in [5.41, 5.74) is 0.221. The van der Waals surface area contributed by atoms with Gasteiger partial charge in [-0.05, 0) is 30.4 Å². The summed E-state index contributed by atoms with van der Waals surface area (Å²) in [6.07, 6.45) is 0.948. The van der Waals surface area contributed by atoms with Crippen LogP contribution < -0.4 is 19.5 Å². The number of sulfonamides is 1. The van der Waals surface area contributed by atoms with E-state index < -0.39 is 14.9 Å². The second-order valence-electron chi connectivity index (χ2n) is 8.24. The van der Waals surface area contributed by atoms with Crippen LogP contribution in [0.15, 0.2) is 35.2 Å². The summed E-state index contributed by atoms with van der Waals surface area (Å²) in [5, 5.41) is 14.8. The van der Waals surface area contributed by atoms with Gasteiger partial charge in [0.1, 0.15) is 5.69 Å². The van der Waals surface area contributed by atoms with Gasteiger partial charge in [-0.3, -0.25) is 10.1 Å². The van der Waals surface area contributed by atoms with Crippen molar-refractivity contribution in [2.75, 3.05) is 39.7 Å². The Morgan fingerprint density at radius 1 is 1.00 bits per heavy atom. The molecule has 1 aliphatic heterocycles. The van der Waals surface area contributed by atoms with Gasteiger partial charge in [0, 0.05) is 37.0 Å². The van der Waals surface area contributed by atoms with Gasteiger partial charge in [0.15, 0.2) is 11.5 Å². The van der Waals surface area contributed by atoms with E-state index in [-0.39, 0.29) is 28.1 Å². The lowest BCUT2D eigenvalue weighted by molar-refractivity contribution is -0.384. The fourth-order valence-electron chi connectivity index (χ4n) is 4.19. The molecule has 3 rings (SSSR count). The van der Waals surface area contributed by atoms with Crippen LogP contribution in [0.2, 0.25) is 0 Å². The first kappa shape index (κ1) is 24.6. The maximum Gasteiger partial charge on any atom is 0.294 e. The van der Waals surface area contributed by atoms with Crippen LogP contribution in [0.1, 0.15) is 20.3 Å². The SMILES string of the molecule is COc1cc(Nc2ccc(S(=O)(=O)N3CC(C)CC(C)C3)cc2[N+](=O)[O-])cc(OC)c1OC. The average molecular weight is 480 g/mol. The standard InChI is InChI=1S/C22H29N3O7S/c1-14-8-15(2)13-24(12-14)33(28,29)17-6-7-18(19(11-17)25(26)27)23-16-9-20(30-3)22(32-5)21(10-16)31-4/h6-7,9-11,14-15,23H,8,12-13H2,1-5H3. The van der Waals surface area contributed by atoms with Crippen molar-refractivity contribution in [3.8, 4) is 17.2 Å². The molecule has 2 aromatic rings. The van der Waals surface area contributed by atoms with Crippen LogP contribution in [-0.4, -0.2) is 52.1 Å². The number of rotatable bonds is 8. The highest BCUT2D eigenvalue weighted by atomic mass is 32.2. The van der Waals surface area contributed by atoms with Gasteiger partial charge in [-0.1, -0.05) is 13.8 Å². The highest BCUT2D eigenvalue weighted by molar-refractivity contribution is 7.89. The molecule has 0 saturated carbocycles. The minimum atomic E-state index is -3.86. The van der Waals surface area contributed by atoms with E-state index in [0.717, 1.165) is 12.5 Å². The van der Waals surface area contributed by atoms with Crippen molar-refractivity contribution in [1.29, 1.82) is 0 Å². The number of nitro benzene ring substituents is 1. The monoisotopic (exact) mass is 479 g/mol. The molecule has 11 heteroatoms. The number of hydrogen-bond acceptors (Lipinski definition) is 8. The van der Waals surface area contributed by atoms with Crippen molar-refractivity contribution in [2.45, 2.75) is 25.2 Å². The Balaban J connectivity index is 1.98. The fourth-order valence-corrected chi connectivity index (χ4v) is 5.89. The number of nitrogens with one attached hydrogen (secondary N) is 1. The predicted molar refractivity (Wildman–Crippen MR) is 124 cm³/mol. The third-order valence-corrected chi connectivity index (χ3v) is 7.41. The predicted octanol–water partition coefficient (Wildman–Crippen LogP) is 4.03. The quantitative estimate of drug-likeness (QED) is 0.445. The molecule has 1 saturated heterocycles. The summed E-state index contributed by atoms with van der Waals surface area (Å²) in [7, 11) is 0.542. The summed E-state index contributed by atoms with van der Waals surface area (Å²) < 4.78 is 43.7. The molecule has 0 amide bonds. The Bertz CT molecular complexity index is 1100. The molecule has 0 aromatic heterocycles. The van der Waals surface area contributed by atoms with Crippen LogP contribution >= 0.6 is 0 Å². The molecule has 0 bridgehead atoms. The summed E-state index contributed by atoms with van der Waals surface area (Å²) in [4.78, 5) is 11.1. The smallest absolute Gasteiger partial charge is 0.294 e. The molecular weight excluding hydrogens is 450 g/mol. The summed E-state index contributed by atoms with van der Waals surface area (Å²) in [6, 6.07) is 7.08. The van der Waals surface area contributed by atoms with Crippen LogP contribution in [0, 0.1) is 22.0 Å². The lowest BCUT2D eigenvalue weighted by Crippen LogP contribution is -2.42. The van der Waals surface area contributed by atoms with Crippen molar-refractivity contribution in [1.82, 2.24) is 4.31 Å². The van der Waals surface area contributed by atoms with Crippen molar-refractivity contribution in [3.63, 3.8) is 0 Å². The van der Waals surface area contributed by atoms with E-state index in [2.05, 4.69) is 5.32 Å². The van der Waals surface area contributed by atoms with E-state index >= 15 is 0 Å². The normalized spacial score (nSPS) is 19.1. The molecule has 33 heavy (non-hydrogen) atoms. The second-order valence-corrected chi connectivity index (χ2v) is 10.2. The van der Waals surface area contributed by atoms with E-state index in [1.54, 1.807) is 12.1 Å². The van der Waals surface area contributed by atoms with Gasteiger partial charge in [0.25, 0.3) is 5.69 Å². The highest BCUT2D eigenvalue weighted by Crippen LogP contribution is 2.41. The van der Waals surface area contributed by atoms with E-state index in [1.807, 2.05) is 13.8 Å². The number of ether oxygens (including phenoxy) is 3. The molecule has 1 N–H and O–H groups in total. The lowest BCUT2D eigenvalue weighted by Gasteiger charge is -2.34. The van der Waals surface area contributed by atoms with Crippen LogP contribution in [0.25, 0.3) is 0 Å². The zero-order chi connectivity index (χ0) is 24.3. The van der Waals surface area contributed by atoms with Crippen LogP contribution in [-0.2, 0) is 10.0 Å². The van der Waals surface area contributed by atoms with Crippen molar-refractivity contribution in [3.05, 3.63) is 40.4 Å². The van der Waals surface area contributed by atoms with Crippen molar-refractivity contribution < 1.29 is 27.6 Å². The molecule has 1 aliphatic rings. The first-order chi connectivity index (χ1) is 15.6. The minimum absolute atomic E-state index is 0.106. The average Bonchev–Trinajstić information content (AvgIpc) is 2.77. The summed E-state index contributed by atoms with van der Waals surface area (Å²) in [5.74, 6) is 1.56. The second kappa shape index (κ2) is 9.84. The van der Waals surface area contributed by atoms with E-state index in [4.69, 9.17) is 14.2 Å². The third-order valence-electron chi connectivity index (χ3n) is 5.58. The Hall–Kier alpha value is -3.05. The molecule has 180 valence electrons. The van der Waals surface area contributed by atoms with Gasteiger partial charge >= 0.3 is 0 Å². The maximum absolute atomic E-state index is 13.2. The van der Waals surface area contributed by atoms with Gasteiger partial charge in [-0.25, -0.2) is 8.42 Å². The van der Waals surface area contributed by atoms with Crippen molar-refractivity contribution >= 4 is 27.1 Å². The number of nitrogens with zero attached hydrogens (tertiary/aromatic N) is 2.